The van der Waals surface area contributed by atoms with Gasteiger partial charge in [0, 0.05) is 0 Å². The highest BCUT2D eigenvalue weighted by Gasteiger charge is 2.93. The highest BCUT2D eigenvalue weighted by Crippen LogP contribution is 2.98. The highest BCUT2D eigenvalue weighted by atomic mass is 15.0. The van der Waals surface area contributed by atoms with Crippen LogP contribution in [0, 0.1) is 58.2 Å². The van der Waals surface area contributed by atoms with Gasteiger partial charge in [0.25, 0.3) is 0 Å². The Kier molecular flexibility index (Phi) is 0.775. The molecule has 8 atom stereocenters. The lowest BCUT2D eigenvalue weighted by molar-refractivity contribution is -0.504. The predicted octanol–water partition coefficient (Wildman–Crippen LogP) is 3.32. The Bertz CT molecular complexity index is 399. The van der Waals surface area contributed by atoms with Crippen LogP contribution >= 0.6 is 0 Å². The summed E-state index contributed by atoms with van der Waals surface area (Å²) in [7, 11) is 0. The number of hydrogen-bond acceptors (Lipinski definition) is 0. The van der Waals surface area contributed by atoms with E-state index in [-0.39, 0.29) is 0 Å². The summed E-state index contributed by atoms with van der Waals surface area (Å²) >= 11 is 0. The van der Waals surface area contributed by atoms with Crippen molar-refractivity contribution in [3.8, 4) is 0 Å². The van der Waals surface area contributed by atoms with E-state index in [4.69, 9.17) is 0 Å². The van der Waals surface area contributed by atoms with Crippen molar-refractivity contribution < 1.29 is 0 Å². The largest absolute Gasteiger partial charge is 0.0496 e. The second-order valence-corrected chi connectivity index (χ2v) is 8.58. The molecule has 7 aliphatic rings. The molecule has 84 valence electrons. The molecule has 7 aliphatic carbocycles. The minimum atomic E-state index is 0.999. The van der Waals surface area contributed by atoms with Crippen LogP contribution in [0.25, 0.3) is 0 Å². The minimum absolute atomic E-state index is 0.999. The first-order chi connectivity index (χ1) is 7.89. The van der Waals surface area contributed by atoms with E-state index in [1.165, 1.54) is 47.3 Å². The molecule has 0 amide bonds. The Hall–Kier alpha value is 0. The Labute approximate surface area is 97.2 Å². The molecule has 0 heterocycles. The lowest BCUT2D eigenvalue weighted by Gasteiger charge is -2.98. The third-order valence-corrected chi connectivity index (χ3v) is 9.67. The zero-order chi connectivity index (χ0) is 9.86. The standard InChI is InChI=1S/C16H20/c1-2-8-7(1)9-10(8)12-11(9)13-14(12)16-5-3-15(13,16)4-6-16/h7-14H,1-6H2. The first-order valence-electron chi connectivity index (χ1n) is 7.89. The van der Waals surface area contributed by atoms with Gasteiger partial charge in [0.2, 0.25) is 0 Å². The minimum Gasteiger partial charge on any atom is -0.0496 e. The first kappa shape index (κ1) is 7.44. The lowest BCUT2D eigenvalue weighted by atomic mass is 9.06. The molecule has 0 spiro atoms. The van der Waals surface area contributed by atoms with E-state index in [2.05, 4.69) is 0 Å². The van der Waals surface area contributed by atoms with Gasteiger partial charge in [0.1, 0.15) is 0 Å². The number of fused-ring (bicyclic) bond motifs is 10. The van der Waals surface area contributed by atoms with Gasteiger partial charge in [0.15, 0.2) is 0 Å². The molecule has 7 saturated carbocycles. The zero-order valence-corrected chi connectivity index (χ0v) is 9.86. The Balaban J connectivity index is 1.35. The van der Waals surface area contributed by atoms with E-state index in [1.807, 2.05) is 0 Å². The molecule has 0 aromatic carbocycles. The predicted molar refractivity (Wildman–Crippen MR) is 60.5 cm³/mol. The van der Waals surface area contributed by atoms with Gasteiger partial charge < -0.3 is 0 Å². The summed E-state index contributed by atoms with van der Waals surface area (Å²) in [5.74, 6) is 10.3. The fraction of sp³-hybridized carbons (Fsp3) is 1.00. The van der Waals surface area contributed by atoms with Crippen molar-refractivity contribution in [2.45, 2.75) is 38.5 Å². The molecule has 0 nitrogen and oxygen atoms in total. The van der Waals surface area contributed by atoms with Crippen LogP contribution in [0.2, 0.25) is 0 Å². The molecule has 0 heteroatoms. The van der Waals surface area contributed by atoms with Crippen LogP contribution in [-0.4, -0.2) is 0 Å². The summed E-state index contributed by atoms with van der Waals surface area (Å²) in [5.41, 5.74) is 2.00. The first-order valence-corrected chi connectivity index (χ1v) is 7.89. The Morgan fingerprint density at radius 2 is 1.00 bits per heavy atom. The molecule has 0 aromatic heterocycles. The fourth-order valence-corrected chi connectivity index (χ4v) is 9.12. The second-order valence-electron chi connectivity index (χ2n) is 8.58. The van der Waals surface area contributed by atoms with E-state index >= 15 is 0 Å². The average Bonchev–Trinajstić information content (AvgIpc) is 2.25. The van der Waals surface area contributed by atoms with Gasteiger partial charge in [-0.2, -0.15) is 0 Å². The van der Waals surface area contributed by atoms with Gasteiger partial charge in [-0.05, 0) is 96.7 Å². The summed E-state index contributed by atoms with van der Waals surface area (Å²) in [6.07, 6.45) is 9.88. The van der Waals surface area contributed by atoms with Crippen molar-refractivity contribution in [2.75, 3.05) is 0 Å². The van der Waals surface area contributed by atoms with E-state index in [9.17, 15) is 0 Å². The van der Waals surface area contributed by atoms with Crippen LogP contribution in [0.4, 0.5) is 0 Å². The van der Waals surface area contributed by atoms with Crippen LogP contribution in [-0.2, 0) is 0 Å². The van der Waals surface area contributed by atoms with Crippen LogP contribution < -0.4 is 0 Å². The molecule has 0 saturated heterocycles. The molecule has 7 rings (SSSR count). The normalized spacial score (nSPS) is 87.0. The number of hydrogen-bond donors (Lipinski definition) is 0. The SMILES string of the molecule is C1CC2C1C1C2C2C1C1C2C23CCC12CC3. The van der Waals surface area contributed by atoms with E-state index < -0.39 is 0 Å². The third-order valence-electron chi connectivity index (χ3n) is 9.67. The van der Waals surface area contributed by atoms with E-state index in [1.54, 1.807) is 38.5 Å². The zero-order valence-electron chi connectivity index (χ0n) is 9.86. The van der Waals surface area contributed by atoms with Crippen LogP contribution in [0.3, 0.4) is 0 Å². The van der Waals surface area contributed by atoms with Crippen molar-refractivity contribution in [3.05, 3.63) is 0 Å². The summed E-state index contributed by atoms with van der Waals surface area (Å²) in [6.45, 7) is 0. The molecular formula is C16H20. The third kappa shape index (κ3) is 0.370. The maximum absolute atomic E-state index is 1.66. The van der Waals surface area contributed by atoms with Crippen molar-refractivity contribution >= 4 is 0 Å². The monoisotopic (exact) mass is 212 g/mol. The van der Waals surface area contributed by atoms with Crippen molar-refractivity contribution in [2.24, 2.45) is 58.2 Å². The molecule has 0 aliphatic heterocycles. The van der Waals surface area contributed by atoms with Crippen molar-refractivity contribution in [3.63, 3.8) is 0 Å². The van der Waals surface area contributed by atoms with Gasteiger partial charge in [-0.3, -0.25) is 0 Å². The average molecular weight is 212 g/mol. The molecule has 8 unspecified atom stereocenters. The smallest absolute Gasteiger partial charge is 0.0204 e. The molecule has 0 bridgehead atoms. The number of rotatable bonds is 0. The molecular weight excluding hydrogens is 192 g/mol. The molecule has 0 aromatic rings. The second kappa shape index (κ2) is 1.67. The summed E-state index contributed by atoms with van der Waals surface area (Å²) in [5, 5.41) is 0. The quantitative estimate of drug-likeness (QED) is 0.540. The Morgan fingerprint density at radius 1 is 0.562 bits per heavy atom. The highest BCUT2D eigenvalue weighted by molar-refractivity contribution is 5.40. The van der Waals surface area contributed by atoms with Gasteiger partial charge in [-0.15, -0.1) is 0 Å². The van der Waals surface area contributed by atoms with Gasteiger partial charge in [0.05, 0.1) is 0 Å². The summed E-state index contributed by atoms with van der Waals surface area (Å²) in [6, 6.07) is 0. The molecule has 7 fully saturated rings. The topological polar surface area (TPSA) is 0 Å². The summed E-state index contributed by atoms with van der Waals surface area (Å²) < 4.78 is 0. The maximum atomic E-state index is 1.66. The molecule has 16 heavy (non-hydrogen) atoms. The van der Waals surface area contributed by atoms with Crippen molar-refractivity contribution in [1.29, 1.82) is 0 Å². The molecule has 0 radical (unpaired) electrons. The van der Waals surface area contributed by atoms with Gasteiger partial charge in [-0.25, -0.2) is 0 Å². The Morgan fingerprint density at radius 3 is 1.31 bits per heavy atom. The van der Waals surface area contributed by atoms with Crippen LogP contribution in [0.15, 0.2) is 0 Å². The van der Waals surface area contributed by atoms with E-state index in [0.717, 1.165) is 10.8 Å². The lowest BCUT2D eigenvalue weighted by Crippen LogP contribution is -2.93. The van der Waals surface area contributed by atoms with Crippen molar-refractivity contribution in [1.82, 2.24) is 0 Å². The maximum Gasteiger partial charge on any atom is -0.0204 e. The van der Waals surface area contributed by atoms with Crippen LogP contribution in [0.1, 0.15) is 38.5 Å². The van der Waals surface area contributed by atoms with Gasteiger partial charge >= 0.3 is 0 Å². The fourth-order valence-electron chi connectivity index (χ4n) is 9.12. The molecule has 0 N–H and O–H groups in total. The van der Waals surface area contributed by atoms with E-state index in [0.29, 0.717) is 0 Å². The summed E-state index contributed by atoms with van der Waals surface area (Å²) in [4.78, 5) is 0. The van der Waals surface area contributed by atoms with Crippen LogP contribution in [0.5, 0.6) is 0 Å². The van der Waals surface area contributed by atoms with Gasteiger partial charge in [-0.1, -0.05) is 0 Å².